The molecule has 1 aliphatic heterocycles. The highest BCUT2D eigenvalue weighted by Gasteiger charge is 2.29. The molecule has 4 heterocycles. The maximum atomic E-state index is 13.6. The van der Waals surface area contributed by atoms with Gasteiger partial charge in [0.25, 0.3) is 11.5 Å². The van der Waals surface area contributed by atoms with E-state index in [1.165, 1.54) is 15.6 Å². The average molecular weight is 576 g/mol. The number of nitrogens with one attached hydrogen (secondary N) is 2. The summed E-state index contributed by atoms with van der Waals surface area (Å²) < 4.78 is 8.71. The van der Waals surface area contributed by atoms with Gasteiger partial charge in [0.2, 0.25) is 6.54 Å². The molecule has 0 bridgehead atoms. The maximum absolute atomic E-state index is 13.6. The van der Waals surface area contributed by atoms with E-state index in [0.717, 1.165) is 32.2 Å². The molecule has 2 aliphatic rings. The summed E-state index contributed by atoms with van der Waals surface area (Å²) in [4.78, 5) is 51.3. The van der Waals surface area contributed by atoms with Gasteiger partial charge >= 0.3 is 6.09 Å². The van der Waals surface area contributed by atoms with Crippen molar-refractivity contribution < 1.29 is 14.3 Å². The van der Waals surface area contributed by atoms with Gasteiger partial charge in [-0.3, -0.25) is 19.4 Å². The molecule has 5 rings (SSSR count). The van der Waals surface area contributed by atoms with Gasteiger partial charge in [-0.1, -0.05) is 0 Å². The first-order chi connectivity index (χ1) is 20.0. The highest BCUT2D eigenvalue weighted by Crippen LogP contribution is 2.26. The number of rotatable bonds is 8. The quantitative estimate of drug-likeness (QED) is 0.391. The number of pyridine rings is 1. The number of amides is 2. The molecule has 222 valence electrons. The van der Waals surface area contributed by atoms with Crippen LogP contribution in [0.15, 0.2) is 35.4 Å². The Labute approximate surface area is 244 Å². The van der Waals surface area contributed by atoms with Crippen molar-refractivity contribution in [3.05, 3.63) is 57.9 Å². The number of hydrogen-bond acceptors (Lipinski definition) is 8. The average Bonchev–Trinajstić information content (AvgIpc) is 3.66. The van der Waals surface area contributed by atoms with Gasteiger partial charge in [-0.25, -0.2) is 16.4 Å². The largest absolute Gasteiger partial charge is 0.443 e. The van der Waals surface area contributed by atoms with Crippen molar-refractivity contribution in [3.63, 3.8) is 0 Å². The van der Waals surface area contributed by atoms with Crippen LogP contribution in [-0.2, 0) is 4.74 Å². The Balaban J connectivity index is 1.49. The molecule has 3 aromatic heterocycles. The van der Waals surface area contributed by atoms with Crippen LogP contribution < -0.4 is 21.1 Å². The lowest BCUT2D eigenvalue weighted by Gasteiger charge is -2.32. The number of ether oxygens (including phenoxy) is 1. The van der Waals surface area contributed by atoms with Gasteiger partial charge in [0.1, 0.15) is 28.5 Å². The van der Waals surface area contributed by atoms with Crippen molar-refractivity contribution in [1.82, 2.24) is 29.4 Å². The molecule has 13 nitrogen and oxygen atoms in total. The van der Waals surface area contributed by atoms with E-state index in [9.17, 15) is 14.4 Å². The summed E-state index contributed by atoms with van der Waals surface area (Å²) in [7, 11) is 1.55. The third-order valence-electron chi connectivity index (χ3n) is 7.26. The predicted molar refractivity (Wildman–Crippen MR) is 158 cm³/mol. The first kappa shape index (κ1) is 29.1. The molecular weight excluding hydrogens is 538 g/mol. The Hall–Kier alpha value is -4.44. The van der Waals surface area contributed by atoms with E-state index >= 15 is 0 Å². The second kappa shape index (κ2) is 11.8. The number of nitrogens with zero attached hydrogens (tertiary/aromatic N) is 7. The summed E-state index contributed by atoms with van der Waals surface area (Å²) in [6.45, 7) is 15.2. The van der Waals surface area contributed by atoms with Gasteiger partial charge in [0, 0.05) is 37.9 Å². The SMILES string of the molecule is [C-]#[N+]CCN1CCCC(n2cccc(Nc3cc(N(C)C(=O)OC(C)(C)C)n4ncc(C(=O)NC5CC5)c4n3)c2=O)C1. The zero-order chi connectivity index (χ0) is 30.0. The Morgan fingerprint density at radius 1 is 1.26 bits per heavy atom. The molecule has 0 spiro atoms. The summed E-state index contributed by atoms with van der Waals surface area (Å²) in [5.41, 5.74) is -0.128. The topological polar surface area (TPSA) is 130 Å². The minimum absolute atomic E-state index is 0.0180. The van der Waals surface area contributed by atoms with Crippen molar-refractivity contribution in [2.45, 2.75) is 64.1 Å². The second-order valence-electron chi connectivity index (χ2n) is 11.8. The summed E-state index contributed by atoms with van der Waals surface area (Å²) in [6, 6.07) is 5.20. The van der Waals surface area contributed by atoms with Gasteiger partial charge in [0.15, 0.2) is 5.65 Å². The van der Waals surface area contributed by atoms with Gasteiger partial charge in [0.05, 0.1) is 12.7 Å². The van der Waals surface area contributed by atoms with E-state index in [0.29, 0.717) is 31.1 Å². The van der Waals surface area contributed by atoms with Gasteiger partial charge in [-0.05, 0) is 65.1 Å². The van der Waals surface area contributed by atoms with Crippen LogP contribution in [0.25, 0.3) is 10.5 Å². The van der Waals surface area contributed by atoms with E-state index in [-0.39, 0.29) is 40.6 Å². The van der Waals surface area contributed by atoms with Crippen LogP contribution in [0, 0.1) is 6.57 Å². The van der Waals surface area contributed by atoms with E-state index in [4.69, 9.17) is 11.3 Å². The third-order valence-corrected chi connectivity index (χ3v) is 7.26. The van der Waals surface area contributed by atoms with Crippen LogP contribution in [-0.4, -0.2) is 80.9 Å². The fraction of sp³-hybridized carbons (Fsp3) is 0.517. The van der Waals surface area contributed by atoms with Gasteiger partial charge < -0.3 is 24.8 Å². The molecule has 1 saturated heterocycles. The number of likely N-dealkylation sites (tertiary alicyclic amines) is 1. The standard InChI is InChI=1S/C29H37N9O4/c1-29(2,3)42-28(41)35(5)24-16-23(34-25-21(17-31-38(24)25)26(39)32-19-10-11-19)33-22-9-7-14-37(27(22)40)20-8-6-13-36(18-20)15-12-30-4/h7,9,14,16-17,19-20H,6,8,10-13,15,18H2,1-3,5H3,(H,32,39)(H,33,34). The van der Waals surface area contributed by atoms with Crippen LogP contribution in [0.3, 0.4) is 0 Å². The Morgan fingerprint density at radius 3 is 2.76 bits per heavy atom. The summed E-state index contributed by atoms with van der Waals surface area (Å²) in [5, 5.41) is 10.5. The minimum Gasteiger partial charge on any atom is -0.443 e. The number of hydrogen-bond donors (Lipinski definition) is 2. The van der Waals surface area contributed by atoms with Crippen LogP contribution >= 0.6 is 0 Å². The fourth-order valence-corrected chi connectivity index (χ4v) is 5.01. The number of carbonyl (C=O) groups is 2. The Morgan fingerprint density at radius 2 is 2.05 bits per heavy atom. The fourth-order valence-electron chi connectivity index (χ4n) is 5.01. The van der Waals surface area contributed by atoms with E-state index < -0.39 is 11.7 Å². The van der Waals surface area contributed by atoms with Gasteiger partial charge in [-0.2, -0.15) is 9.61 Å². The van der Waals surface area contributed by atoms with Crippen LogP contribution in [0.2, 0.25) is 0 Å². The summed E-state index contributed by atoms with van der Waals surface area (Å²) in [5.74, 6) is 0.275. The van der Waals surface area contributed by atoms with E-state index in [1.807, 2.05) is 0 Å². The minimum atomic E-state index is -0.724. The number of aromatic nitrogens is 4. The van der Waals surface area contributed by atoms with Crippen molar-refractivity contribution >= 4 is 35.0 Å². The first-order valence-corrected chi connectivity index (χ1v) is 14.2. The number of fused-ring (bicyclic) bond motifs is 1. The highest BCUT2D eigenvalue weighted by molar-refractivity contribution is 6.00. The Bertz CT molecular complexity index is 1580. The molecule has 2 fully saturated rings. The molecule has 1 unspecified atom stereocenters. The molecule has 2 N–H and O–H groups in total. The zero-order valence-electron chi connectivity index (χ0n) is 24.5. The lowest BCUT2D eigenvalue weighted by molar-refractivity contribution is 0.0587. The van der Waals surface area contributed by atoms with E-state index in [2.05, 4.69) is 30.5 Å². The van der Waals surface area contributed by atoms with Gasteiger partial charge in [-0.15, -0.1) is 0 Å². The lowest BCUT2D eigenvalue weighted by Crippen LogP contribution is -2.40. The zero-order valence-corrected chi connectivity index (χ0v) is 24.5. The molecule has 1 aliphatic carbocycles. The predicted octanol–water partition coefficient (Wildman–Crippen LogP) is 3.45. The molecule has 1 atom stereocenters. The maximum Gasteiger partial charge on any atom is 0.415 e. The molecule has 42 heavy (non-hydrogen) atoms. The van der Waals surface area contributed by atoms with Crippen molar-refractivity contribution in [2.75, 3.05) is 43.4 Å². The molecule has 0 radical (unpaired) electrons. The first-order valence-electron chi connectivity index (χ1n) is 14.2. The number of piperidine rings is 1. The van der Waals surface area contributed by atoms with Crippen LogP contribution in [0.5, 0.6) is 0 Å². The number of carbonyl (C=O) groups excluding carboxylic acids is 2. The number of anilines is 3. The molecular formula is C29H37N9O4. The second-order valence-corrected chi connectivity index (χ2v) is 11.8. The summed E-state index contributed by atoms with van der Waals surface area (Å²) in [6.07, 6.45) is 6.26. The molecule has 0 aromatic carbocycles. The van der Waals surface area contributed by atoms with Crippen molar-refractivity contribution in [2.24, 2.45) is 0 Å². The molecule has 2 amide bonds. The van der Waals surface area contributed by atoms with Crippen LogP contribution in [0.4, 0.5) is 22.1 Å². The third kappa shape index (κ3) is 6.54. The molecule has 13 heteroatoms. The monoisotopic (exact) mass is 575 g/mol. The van der Waals surface area contributed by atoms with E-state index in [1.54, 1.807) is 56.8 Å². The molecule has 1 saturated carbocycles. The van der Waals surface area contributed by atoms with Crippen molar-refractivity contribution in [3.8, 4) is 0 Å². The lowest BCUT2D eigenvalue weighted by atomic mass is 10.1. The Kier molecular flexibility index (Phi) is 8.17. The highest BCUT2D eigenvalue weighted by atomic mass is 16.6. The molecule has 3 aromatic rings. The smallest absolute Gasteiger partial charge is 0.415 e. The summed E-state index contributed by atoms with van der Waals surface area (Å²) >= 11 is 0. The normalized spacial score (nSPS) is 17.5. The van der Waals surface area contributed by atoms with Crippen LogP contribution in [0.1, 0.15) is 62.9 Å². The van der Waals surface area contributed by atoms with Crippen molar-refractivity contribution in [1.29, 1.82) is 0 Å².